The molecule has 19 heavy (non-hydrogen) atoms. The lowest BCUT2D eigenvalue weighted by Crippen LogP contribution is -2.43. The standard InChI is InChI=1S/C15H24N2O2/c1-14(2,3)17(19)12-15(4,5)16(18)11-13-9-7-6-8-10-13/h6-12,18-19H,1-5H3/q+2. The van der Waals surface area contributed by atoms with Gasteiger partial charge in [-0.3, -0.25) is 10.4 Å². The summed E-state index contributed by atoms with van der Waals surface area (Å²) >= 11 is 0. The highest BCUT2D eigenvalue weighted by atomic mass is 16.5. The number of benzene rings is 1. The van der Waals surface area contributed by atoms with Gasteiger partial charge < -0.3 is 0 Å². The molecule has 4 heteroatoms. The minimum absolute atomic E-state index is 0.412. The minimum Gasteiger partial charge on any atom is -0.290 e. The Balaban J connectivity index is 3.04. The summed E-state index contributed by atoms with van der Waals surface area (Å²) in [5.41, 5.74) is -0.241. The molecule has 0 aliphatic carbocycles. The smallest absolute Gasteiger partial charge is 0.284 e. The second-order valence-corrected chi connectivity index (χ2v) is 6.18. The predicted octanol–water partition coefficient (Wildman–Crippen LogP) is 2.56. The molecule has 0 spiro atoms. The van der Waals surface area contributed by atoms with Crippen LogP contribution in [-0.4, -0.2) is 43.4 Å². The summed E-state index contributed by atoms with van der Waals surface area (Å²) in [6, 6.07) is 9.54. The van der Waals surface area contributed by atoms with E-state index in [1.165, 1.54) is 0 Å². The van der Waals surface area contributed by atoms with Gasteiger partial charge in [0.25, 0.3) is 11.8 Å². The molecule has 1 aromatic carbocycles. The molecule has 2 N–H and O–H groups in total. The third-order valence-corrected chi connectivity index (χ3v) is 2.79. The van der Waals surface area contributed by atoms with E-state index in [2.05, 4.69) is 0 Å². The molecule has 0 heterocycles. The maximum atomic E-state index is 10.2. The maximum absolute atomic E-state index is 10.2. The van der Waals surface area contributed by atoms with Crippen LogP contribution in [0.15, 0.2) is 30.3 Å². The van der Waals surface area contributed by atoms with Crippen LogP contribution >= 0.6 is 0 Å². The fourth-order valence-corrected chi connectivity index (χ4v) is 1.40. The van der Waals surface area contributed by atoms with E-state index >= 15 is 0 Å². The van der Waals surface area contributed by atoms with Gasteiger partial charge in [0.2, 0.25) is 11.8 Å². The lowest BCUT2D eigenvalue weighted by atomic mass is 10.1. The Morgan fingerprint density at radius 2 is 1.42 bits per heavy atom. The first kappa shape index (κ1) is 15.2. The third-order valence-electron chi connectivity index (χ3n) is 2.79. The summed E-state index contributed by atoms with van der Waals surface area (Å²) in [6.07, 6.45) is 3.22. The van der Waals surface area contributed by atoms with Crippen LogP contribution in [0.4, 0.5) is 0 Å². The molecule has 0 fully saturated rings. The predicted molar refractivity (Wildman–Crippen MR) is 75.6 cm³/mol. The SMILES string of the molecule is CC(C)(C)[N+](O)=CC(C)(C)[N+](O)=Cc1ccccc1. The summed E-state index contributed by atoms with van der Waals surface area (Å²) < 4.78 is 2.21. The Morgan fingerprint density at radius 3 is 1.89 bits per heavy atom. The van der Waals surface area contributed by atoms with E-state index in [9.17, 15) is 10.4 Å². The van der Waals surface area contributed by atoms with Gasteiger partial charge in [-0.2, -0.15) is 0 Å². The molecule has 1 rings (SSSR count). The van der Waals surface area contributed by atoms with Crippen LogP contribution in [0.3, 0.4) is 0 Å². The second kappa shape index (κ2) is 5.43. The van der Waals surface area contributed by atoms with Crippen molar-refractivity contribution < 1.29 is 19.9 Å². The minimum atomic E-state index is -0.724. The average Bonchev–Trinajstić information content (AvgIpc) is 2.28. The fourth-order valence-electron chi connectivity index (χ4n) is 1.40. The van der Waals surface area contributed by atoms with Crippen molar-refractivity contribution in [1.29, 1.82) is 0 Å². The summed E-state index contributed by atoms with van der Waals surface area (Å²) in [4.78, 5) is 0. The van der Waals surface area contributed by atoms with Crippen LogP contribution in [0, 0.1) is 0 Å². The van der Waals surface area contributed by atoms with Gasteiger partial charge in [-0.15, -0.1) is 0 Å². The Bertz CT molecular complexity index is 483. The Hall–Kier alpha value is -1.84. The van der Waals surface area contributed by atoms with Crippen molar-refractivity contribution in [2.75, 3.05) is 0 Å². The van der Waals surface area contributed by atoms with Crippen molar-refractivity contribution in [3.63, 3.8) is 0 Å². The van der Waals surface area contributed by atoms with Gasteiger partial charge in [0.1, 0.15) is 0 Å². The molecule has 0 radical (unpaired) electrons. The van der Waals surface area contributed by atoms with Gasteiger partial charge in [-0.1, -0.05) is 18.2 Å². The van der Waals surface area contributed by atoms with E-state index in [0.717, 1.165) is 15.0 Å². The molecule has 104 valence electrons. The van der Waals surface area contributed by atoms with Crippen molar-refractivity contribution in [2.45, 2.75) is 45.7 Å². The normalized spacial score (nSPS) is 14.6. The molecule has 0 saturated heterocycles. The first-order valence-corrected chi connectivity index (χ1v) is 6.35. The molecular weight excluding hydrogens is 240 g/mol. The molecule has 4 nitrogen and oxygen atoms in total. The highest BCUT2D eigenvalue weighted by Gasteiger charge is 2.38. The van der Waals surface area contributed by atoms with Crippen LogP contribution in [-0.2, 0) is 0 Å². The maximum Gasteiger partial charge on any atom is 0.284 e. The first-order chi connectivity index (χ1) is 8.63. The van der Waals surface area contributed by atoms with Crippen LogP contribution in [0.25, 0.3) is 0 Å². The van der Waals surface area contributed by atoms with Gasteiger partial charge >= 0.3 is 0 Å². The Kier molecular flexibility index (Phi) is 4.35. The van der Waals surface area contributed by atoms with Crippen LogP contribution in [0.1, 0.15) is 40.2 Å². The molecule has 0 aliphatic heterocycles. The molecule has 0 bridgehead atoms. The van der Waals surface area contributed by atoms with Crippen LogP contribution < -0.4 is 0 Å². The number of rotatable bonds is 3. The van der Waals surface area contributed by atoms with E-state index in [0.29, 0.717) is 0 Å². The molecule has 0 amide bonds. The van der Waals surface area contributed by atoms with Gasteiger partial charge in [-0.05, 0) is 21.6 Å². The number of hydroxylamine groups is 2. The van der Waals surface area contributed by atoms with Crippen molar-refractivity contribution >= 4 is 12.4 Å². The lowest BCUT2D eigenvalue weighted by Gasteiger charge is -2.14. The second-order valence-electron chi connectivity index (χ2n) is 6.18. The Morgan fingerprint density at radius 1 is 0.895 bits per heavy atom. The van der Waals surface area contributed by atoms with E-state index in [1.807, 2.05) is 65.0 Å². The Labute approximate surface area is 114 Å². The van der Waals surface area contributed by atoms with Crippen LogP contribution in [0.5, 0.6) is 0 Å². The molecular formula is C15H24N2O2+2. The topological polar surface area (TPSA) is 46.5 Å². The summed E-state index contributed by atoms with van der Waals surface area (Å²) in [5, 5.41) is 20.1. The molecule has 0 aliphatic rings. The largest absolute Gasteiger partial charge is 0.290 e. The zero-order valence-electron chi connectivity index (χ0n) is 12.3. The molecule has 0 aromatic heterocycles. The zero-order chi connectivity index (χ0) is 14.7. The summed E-state index contributed by atoms with van der Waals surface area (Å²) in [5.74, 6) is 0. The van der Waals surface area contributed by atoms with Gasteiger partial charge in [-0.25, -0.2) is 0 Å². The molecule has 1 aromatic rings. The van der Waals surface area contributed by atoms with Crippen LogP contribution in [0.2, 0.25) is 0 Å². The van der Waals surface area contributed by atoms with E-state index < -0.39 is 11.1 Å². The van der Waals surface area contributed by atoms with E-state index in [-0.39, 0.29) is 0 Å². The monoisotopic (exact) mass is 264 g/mol. The van der Waals surface area contributed by atoms with Crippen molar-refractivity contribution in [3.05, 3.63) is 35.9 Å². The van der Waals surface area contributed by atoms with E-state index in [1.54, 1.807) is 12.4 Å². The van der Waals surface area contributed by atoms with Gasteiger partial charge in [0.05, 0.1) is 0 Å². The average molecular weight is 264 g/mol. The van der Waals surface area contributed by atoms with Crippen molar-refractivity contribution in [1.82, 2.24) is 0 Å². The fraction of sp³-hybridized carbons (Fsp3) is 0.467. The zero-order valence-corrected chi connectivity index (χ0v) is 12.3. The van der Waals surface area contributed by atoms with Gasteiger partial charge in [0, 0.05) is 40.2 Å². The number of nitrogens with zero attached hydrogens (tertiary/aromatic N) is 2. The highest BCUT2D eigenvalue weighted by Crippen LogP contribution is 2.09. The quantitative estimate of drug-likeness (QED) is 0.381. The van der Waals surface area contributed by atoms with E-state index in [4.69, 9.17) is 0 Å². The molecule has 0 atom stereocenters. The molecule has 0 saturated carbocycles. The third kappa shape index (κ3) is 4.39. The molecule has 0 unspecified atom stereocenters. The summed E-state index contributed by atoms with van der Waals surface area (Å²) in [6.45, 7) is 9.31. The number of hydrogen-bond donors (Lipinski definition) is 2. The first-order valence-electron chi connectivity index (χ1n) is 6.35. The van der Waals surface area contributed by atoms with Gasteiger partial charge in [0.15, 0.2) is 0 Å². The summed E-state index contributed by atoms with van der Waals surface area (Å²) in [7, 11) is 0. The highest BCUT2D eigenvalue weighted by molar-refractivity contribution is 5.76. The van der Waals surface area contributed by atoms with Crippen molar-refractivity contribution in [2.24, 2.45) is 0 Å². The van der Waals surface area contributed by atoms with Crippen molar-refractivity contribution in [3.8, 4) is 0 Å². The lowest BCUT2D eigenvalue weighted by molar-refractivity contribution is -0.840. The number of hydrogen-bond acceptors (Lipinski definition) is 2.